The Labute approximate surface area is 229 Å². The minimum atomic E-state index is -1.11. The first-order valence-electron chi connectivity index (χ1n) is 12.8. The van der Waals surface area contributed by atoms with Gasteiger partial charge in [-0.1, -0.05) is 72.8 Å². The summed E-state index contributed by atoms with van der Waals surface area (Å²) >= 11 is 0. The van der Waals surface area contributed by atoms with E-state index < -0.39 is 29.9 Å². The highest BCUT2D eigenvalue weighted by Crippen LogP contribution is 2.15. The fourth-order valence-corrected chi connectivity index (χ4v) is 3.88. The molecule has 3 aromatic carbocycles. The van der Waals surface area contributed by atoms with Crippen molar-refractivity contribution >= 4 is 12.2 Å². The Morgan fingerprint density at radius 3 is 2.10 bits per heavy atom. The zero-order valence-corrected chi connectivity index (χ0v) is 22.5. The number of hydrogen-bond acceptors (Lipinski definition) is 7. The van der Waals surface area contributed by atoms with Gasteiger partial charge in [0.25, 0.3) is 0 Å². The highest BCUT2D eigenvalue weighted by molar-refractivity contribution is 5.68. The Kier molecular flexibility index (Phi) is 10.7. The molecule has 0 saturated carbocycles. The topological polar surface area (TPSA) is 120 Å². The fourth-order valence-electron chi connectivity index (χ4n) is 3.88. The van der Waals surface area contributed by atoms with Gasteiger partial charge in [-0.3, -0.25) is 5.43 Å². The molecule has 9 heteroatoms. The first kappa shape index (κ1) is 29.5. The summed E-state index contributed by atoms with van der Waals surface area (Å²) in [5.74, 6) is 0.0787. The van der Waals surface area contributed by atoms with Crippen LogP contribution in [-0.2, 0) is 29.0 Å². The monoisotopic (exact) mass is 535 g/mol. The van der Waals surface area contributed by atoms with Crippen LogP contribution in [0.2, 0.25) is 0 Å². The van der Waals surface area contributed by atoms with Crippen LogP contribution in [0.25, 0.3) is 0 Å². The van der Waals surface area contributed by atoms with Crippen LogP contribution in [-0.4, -0.2) is 51.7 Å². The fraction of sp³-hybridized carbons (Fsp3) is 0.333. The molecule has 0 saturated heterocycles. The van der Waals surface area contributed by atoms with Crippen molar-refractivity contribution in [2.45, 2.75) is 58.1 Å². The zero-order valence-electron chi connectivity index (χ0n) is 22.5. The SMILES string of the molecule is CC(C)(C)OC(=O)NN(Cc1cccc(O)c1)C[C@H](O)[C@H](Cc1ccccc1)NC(=O)OCc1ccccc1. The van der Waals surface area contributed by atoms with Crippen molar-refractivity contribution in [3.8, 4) is 5.75 Å². The van der Waals surface area contributed by atoms with Crippen LogP contribution >= 0.6 is 0 Å². The van der Waals surface area contributed by atoms with Crippen LogP contribution < -0.4 is 10.7 Å². The third-order valence-corrected chi connectivity index (χ3v) is 5.62. The second-order valence-corrected chi connectivity index (χ2v) is 10.2. The standard InChI is InChI=1S/C30H37N3O6/c1-30(2,3)39-29(37)32-33(19-24-15-10-16-25(34)17-24)20-27(35)26(18-22-11-6-4-7-12-22)31-28(36)38-21-23-13-8-5-9-14-23/h4-17,26-27,34-35H,18-21H2,1-3H3,(H,31,36)(H,32,37)/t26-,27-/m0/s1. The molecule has 0 radical (unpaired) electrons. The van der Waals surface area contributed by atoms with E-state index in [1.165, 1.54) is 5.01 Å². The molecule has 0 spiro atoms. The summed E-state index contributed by atoms with van der Waals surface area (Å²) in [6.07, 6.45) is -2.14. The second-order valence-electron chi connectivity index (χ2n) is 10.2. The number of alkyl carbamates (subject to hydrolysis) is 1. The Hall–Kier alpha value is -4.08. The highest BCUT2D eigenvalue weighted by atomic mass is 16.6. The lowest BCUT2D eigenvalue weighted by Crippen LogP contribution is -2.53. The lowest BCUT2D eigenvalue weighted by Gasteiger charge is -2.31. The maximum absolute atomic E-state index is 12.7. The molecule has 4 N–H and O–H groups in total. The smallest absolute Gasteiger partial charge is 0.422 e. The van der Waals surface area contributed by atoms with Gasteiger partial charge in [0.1, 0.15) is 18.0 Å². The molecule has 208 valence electrons. The lowest BCUT2D eigenvalue weighted by atomic mass is 10.0. The van der Waals surface area contributed by atoms with Crippen molar-refractivity contribution in [3.63, 3.8) is 0 Å². The molecule has 9 nitrogen and oxygen atoms in total. The Bertz CT molecular complexity index is 1180. The molecule has 0 unspecified atom stereocenters. The summed E-state index contributed by atoms with van der Waals surface area (Å²) in [6.45, 7) is 5.46. The maximum Gasteiger partial charge on any atom is 0.422 e. The molecule has 0 aliphatic rings. The summed E-state index contributed by atoms with van der Waals surface area (Å²) in [5.41, 5.74) is 4.40. The third kappa shape index (κ3) is 11.1. The summed E-state index contributed by atoms with van der Waals surface area (Å²) in [5, 5.41) is 25.5. The highest BCUT2D eigenvalue weighted by Gasteiger charge is 2.27. The molecule has 0 fully saturated rings. The van der Waals surface area contributed by atoms with Crippen LogP contribution in [0.4, 0.5) is 9.59 Å². The normalized spacial score (nSPS) is 12.8. The number of carbonyl (C=O) groups is 2. The van der Waals surface area contributed by atoms with Crippen molar-refractivity contribution in [2.75, 3.05) is 6.54 Å². The number of hydrazine groups is 1. The molecule has 0 bridgehead atoms. The van der Waals surface area contributed by atoms with Gasteiger partial charge in [-0.15, -0.1) is 0 Å². The largest absolute Gasteiger partial charge is 0.508 e. The minimum Gasteiger partial charge on any atom is -0.508 e. The number of aliphatic hydroxyl groups excluding tert-OH is 1. The summed E-state index contributed by atoms with van der Waals surface area (Å²) < 4.78 is 10.8. The summed E-state index contributed by atoms with van der Waals surface area (Å²) in [7, 11) is 0. The van der Waals surface area contributed by atoms with Gasteiger partial charge in [0.05, 0.1) is 12.1 Å². The van der Waals surface area contributed by atoms with Crippen molar-refractivity contribution in [2.24, 2.45) is 0 Å². The zero-order chi connectivity index (χ0) is 28.3. The molecule has 3 aromatic rings. The number of nitrogens with zero attached hydrogens (tertiary/aromatic N) is 1. The van der Waals surface area contributed by atoms with E-state index in [-0.39, 0.29) is 25.4 Å². The van der Waals surface area contributed by atoms with E-state index >= 15 is 0 Å². The van der Waals surface area contributed by atoms with E-state index in [4.69, 9.17) is 9.47 Å². The molecular formula is C30H37N3O6. The van der Waals surface area contributed by atoms with E-state index in [2.05, 4.69) is 10.7 Å². The van der Waals surface area contributed by atoms with Gasteiger partial charge >= 0.3 is 12.2 Å². The number of nitrogens with one attached hydrogen (secondary N) is 2. The molecule has 0 aliphatic carbocycles. The molecule has 0 heterocycles. The Morgan fingerprint density at radius 2 is 1.49 bits per heavy atom. The molecule has 2 amide bonds. The predicted molar refractivity (Wildman–Crippen MR) is 148 cm³/mol. The number of phenolic OH excluding ortho intramolecular Hbond substituents is 1. The maximum atomic E-state index is 12.7. The van der Waals surface area contributed by atoms with Gasteiger partial charge in [-0.2, -0.15) is 0 Å². The van der Waals surface area contributed by atoms with Gasteiger partial charge in [0.15, 0.2) is 0 Å². The average molecular weight is 536 g/mol. The predicted octanol–water partition coefficient (Wildman–Crippen LogP) is 4.53. The van der Waals surface area contributed by atoms with Crippen LogP contribution in [0.5, 0.6) is 5.75 Å². The van der Waals surface area contributed by atoms with Crippen LogP contribution in [0, 0.1) is 0 Å². The minimum absolute atomic E-state index is 0.0502. The lowest BCUT2D eigenvalue weighted by molar-refractivity contribution is 0.0141. The van der Waals surface area contributed by atoms with E-state index in [1.807, 2.05) is 60.7 Å². The number of carbonyl (C=O) groups excluding carboxylic acids is 2. The number of phenols is 1. The molecule has 3 rings (SSSR count). The van der Waals surface area contributed by atoms with Crippen molar-refractivity contribution in [3.05, 3.63) is 102 Å². The number of amides is 2. The van der Waals surface area contributed by atoms with E-state index in [0.717, 1.165) is 11.1 Å². The molecule has 2 atom stereocenters. The van der Waals surface area contributed by atoms with Gasteiger partial charge in [0, 0.05) is 13.1 Å². The number of benzene rings is 3. The van der Waals surface area contributed by atoms with Crippen molar-refractivity contribution < 1.29 is 29.3 Å². The summed E-state index contributed by atoms with van der Waals surface area (Å²) in [6, 6.07) is 24.6. The number of aliphatic hydroxyl groups is 1. The van der Waals surface area contributed by atoms with Crippen LogP contribution in [0.15, 0.2) is 84.9 Å². The molecule has 39 heavy (non-hydrogen) atoms. The van der Waals surface area contributed by atoms with Gasteiger partial charge in [-0.25, -0.2) is 14.6 Å². The quantitative estimate of drug-likeness (QED) is 0.266. The molecular weight excluding hydrogens is 498 g/mol. The number of rotatable bonds is 11. The average Bonchev–Trinajstić information content (AvgIpc) is 2.87. The second kappa shape index (κ2) is 14.2. The summed E-state index contributed by atoms with van der Waals surface area (Å²) in [4.78, 5) is 25.3. The number of hydrogen-bond donors (Lipinski definition) is 4. The third-order valence-electron chi connectivity index (χ3n) is 5.62. The van der Waals surface area contributed by atoms with Crippen molar-refractivity contribution in [1.29, 1.82) is 0 Å². The Balaban J connectivity index is 1.74. The van der Waals surface area contributed by atoms with Gasteiger partial charge < -0.3 is 25.0 Å². The number of ether oxygens (including phenoxy) is 2. The first-order valence-corrected chi connectivity index (χ1v) is 12.8. The van der Waals surface area contributed by atoms with Gasteiger partial charge in [0.2, 0.25) is 0 Å². The first-order chi connectivity index (χ1) is 18.6. The Morgan fingerprint density at radius 1 is 0.872 bits per heavy atom. The van der Waals surface area contributed by atoms with Crippen LogP contribution in [0.3, 0.4) is 0 Å². The molecule has 0 aromatic heterocycles. The van der Waals surface area contributed by atoms with E-state index in [0.29, 0.717) is 12.0 Å². The van der Waals surface area contributed by atoms with Crippen molar-refractivity contribution in [1.82, 2.24) is 15.8 Å². The van der Waals surface area contributed by atoms with Gasteiger partial charge in [-0.05, 0) is 56.0 Å². The number of aromatic hydroxyl groups is 1. The van der Waals surface area contributed by atoms with E-state index in [9.17, 15) is 19.8 Å². The van der Waals surface area contributed by atoms with E-state index in [1.54, 1.807) is 45.0 Å². The molecule has 0 aliphatic heterocycles. The van der Waals surface area contributed by atoms with Crippen LogP contribution in [0.1, 0.15) is 37.5 Å².